The van der Waals surface area contributed by atoms with E-state index in [1.807, 2.05) is 12.1 Å². The summed E-state index contributed by atoms with van der Waals surface area (Å²) in [5, 5.41) is 3.16. The molecule has 3 atom stereocenters. The van der Waals surface area contributed by atoms with Gasteiger partial charge in [0.05, 0.1) is 0 Å². The lowest BCUT2D eigenvalue weighted by Crippen LogP contribution is -2.38. The Balaban J connectivity index is 1.68. The molecule has 0 radical (unpaired) electrons. The van der Waals surface area contributed by atoms with E-state index in [1.165, 1.54) is 25.7 Å². The second-order valence-corrected chi connectivity index (χ2v) is 5.38. The van der Waals surface area contributed by atoms with Crippen LogP contribution < -0.4 is 11.1 Å². The molecular weight excluding hydrogens is 212 g/mol. The molecule has 2 aliphatic carbocycles. The monoisotopic (exact) mass is 230 g/mol. The summed E-state index contributed by atoms with van der Waals surface area (Å²) >= 11 is 0. The van der Waals surface area contributed by atoms with Crippen molar-refractivity contribution >= 4 is 11.6 Å². The predicted molar refractivity (Wildman–Crippen MR) is 67.6 cm³/mol. The van der Waals surface area contributed by atoms with Crippen LogP contribution in [0.25, 0.3) is 0 Å². The van der Waals surface area contributed by atoms with Gasteiger partial charge in [0, 0.05) is 17.3 Å². The molecule has 3 unspecified atom stereocenters. The molecule has 2 fully saturated rings. The number of fused-ring (bicyclic) bond motifs is 2. The van der Waals surface area contributed by atoms with E-state index < -0.39 is 0 Å². The second-order valence-electron chi connectivity index (χ2n) is 5.38. The van der Waals surface area contributed by atoms with Crippen molar-refractivity contribution in [3.05, 3.63) is 29.8 Å². The molecule has 3 nitrogen and oxygen atoms in total. The zero-order chi connectivity index (χ0) is 11.8. The van der Waals surface area contributed by atoms with E-state index in [0.29, 0.717) is 23.2 Å². The number of nitrogens with one attached hydrogen (secondary N) is 1. The molecule has 1 aromatic carbocycles. The molecule has 1 aromatic rings. The van der Waals surface area contributed by atoms with Crippen molar-refractivity contribution in [1.29, 1.82) is 0 Å². The van der Waals surface area contributed by atoms with Gasteiger partial charge in [0.25, 0.3) is 5.91 Å². The molecule has 0 saturated heterocycles. The summed E-state index contributed by atoms with van der Waals surface area (Å²) in [4.78, 5) is 12.1. The Kier molecular flexibility index (Phi) is 2.54. The Morgan fingerprint density at radius 2 is 2.18 bits per heavy atom. The van der Waals surface area contributed by atoms with E-state index in [2.05, 4.69) is 5.32 Å². The zero-order valence-electron chi connectivity index (χ0n) is 9.86. The number of hydrogen-bond donors (Lipinski definition) is 2. The van der Waals surface area contributed by atoms with Gasteiger partial charge in [-0.15, -0.1) is 0 Å². The van der Waals surface area contributed by atoms with Crippen LogP contribution in [0.2, 0.25) is 0 Å². The summed E-state index contributed by atoms with van der Waals surface area (Å²) in [7, 11) is 0. The molecule has 3 heteroatoms. The summed E-state index contributed by atoms with van der Waals surface area (Å²) in [5.41, 5.74) is 7.00. The Labute approximate surface area is 101 Å². The number of rotatable bonds is 2. The van der Waals surface area contributed by atoms with Crippen molar-refractivity contribution < 1.29 is 4.79 Å². The Bertz CT molecular complexity index is 444. The molecule has 2 bridgehead atoms. The third-order valence-corrected chi connectivity index (χ3v) is 4.20. The number of nitrogens with two attached hydrogens (primary N) is 1. The van der Waals surface area contributed by atoms with Gasteiger partial charge >= 0.3 is 0 Å². The van der Waals surface area contributed by atoms with Crippen molar-refractivity contribution in [2.45, 2.75) is 31.7 Å². The van der Waals surface area contributed by atoms with E-state index in [1.54, 1.807) is 12.1 Å². The van der Waals surface area contributed by atoms with E-state index in [0.717, 1.165) is 5.92 Å². The first kappa shape index (κ1) is 10.6. The fraction of sp³-hybridized carbons (Fsp3) is 0.500. The second kappa shape index (κ2) is 4.06. The topological polar surface area (TPSA) is 55.1 Å². The number of carbonyl (C=O) groups is 1. The van der Waals surface area contributed by atoms with Crippen molar-refractivity contribution in [2.75, 3.05) is 5.73 Å². The van der Waals surface area contributed by atoms with Gasteiger partial charge in [0.15, 0.2) is 0 Å². The van der Waals surface area contributed by atoms with Gasteiger partial charge in [-0.25, -0.2) is 0 Å². The number of amides is 1. The number of anilines is 1. The molecule has 3 rings (SSSR count). The van der Waals surface area contributed by atoms with E-state index >= 15 is 0 Å². The third-order valence-electron chi connectivity index (χ3n) is 4.20. The lowest BCUT2D eigenvalue weighted by molar-refractivity contribution is 0.0923. The van der Waals surface area contributed by atoms with Crippen LogP contribution in [-0.4, -0.2) is 11.9 Å². The van der Waals surface area contributed by atoms with Gasteiger partial charge in [0.1, 0.15) is 0 Å². The average molecular weight is 230 g/mol. The molecule has 2 aliphatic rings. The van der Waals surface area contributed by atoms with Crippen molar-refractivity contribution in [3.8, 4) is 0 Å². The van der Waals surface area contributed by atoms with Crippen LogP contribution in [-0.2, 0) is 0 Å². The largest absolute Gasteiger partial charge is 0.399 e. The van der Waals surface area contributed by atoms with E-state index in [9.17, 15) is 4.79 Å². The highest BCUT2D eigenvalue weighted by molar-refractivity contribution is 5.95. The van der Waals surface area contributed by atoms with Crippen LogP contribution >= 0.6 is 0 Å². The maximum atomic E-state index is 12.1. The first-order chi connectivity index (χ1) is 8.22. The fourth-order valence-electron chi connectivity index (χ4n) is 3.35. The summed E-state index contributed by atoms with van der Waals surface area (Å²) in [6.45, 7) is 0. The van der Waals surface area contributed by atoms with Gasteiger partial charge in [-0.3, -0.25) is 4.79 Å². The number of benzene rings is 1. The van der Waals surface area contributed by atoms with Gasteiger partial charge < -0.3 is 11.1 Å². The van der Waals surface area contributed by atoms with Crippen molar-refractivity contribution in [3.63, 3.8) is 0 Å². The molecule has 3 N–H and O–H groups in total. The lowest BCUT2D eigenvalue weighted by Gasteiger charge is -2.22. The highest BCUT2D eigenvalue weighted by atomic mass is 16.1. The van der Waals surface area contributed by atoms with Gasteiger partial charge in [0.2, 0.25) is 0 Å². The fourth-order valence-corrected chi connectivity index (χ4v) is 3.35. The quantitative estimate of drug-likeness (QED) is 0.765. The molecule has 1 amide bonds. The molecule has 90 valence electrons. The SMILES string of the molecule is Nc1cccc(C(=O)NC2CC3CCC2C3)c1. The molecule has 17 heavy (non-hydrogen) atoms. The van der Waals surface area contributed by atoms with Crippen LogP contribution in [0.4, 0.5) is 5.69 Å². The highest BCUT2D eigenvalue weighted by Gasteiger charge is 2.40. The molecule has 0 heterocycles. The van der Waals surface area contributed by atoms with Gasteiger partial charge in [-0.1, -0.05) is 12.5 Å². The Morgan fingerprint density at radius 3 is 2.82 bits per heavy atom. The highest BCUT2D eigenvalue weighted by Crippen LogP contribution is 2.44. The first-order valence-electron chi connectivity index (χ1n) is 6.39. The number of carbonyl (C=O) groups excluding carboxylic acids is 1. The van der Waals surface area contributed by atoms with Crippen molar-refractivity contribution in [2.24, 2.45) is 11.8 Å². The van der Waals surface area contributed by atoms with Crippen LogP contribution in [0, 0.1) is 11.8 Å². The van der Waals surface area contributed by atoms with Crippen LogP contribution in [0.5, 0.6) is 0 Å². The summed E-state index contributed by atoms with van der Waals surface area (Å²) in [6.07, 6.45) is 5.11. The maximum absolute atomic E-state index is 12.1. The lowest BCUT2D eigenvalue weighted by atomic mass is 9.95. The third kappa shape index (κ3) is 2.02. The van der Waals surface area contributed by atoms with Crippen LogP contribution in [0.3, 0.4) is 0 Å². The Hall–Kier alpha value is -1.51. The minimum Gasteiger partial charge on any atom is -0.399 e. The van der Waals surface area contributed by atoms with Crippen LogP contribution in [0.15, 0.2) is 24.3 Å². The Morgan fingerprint density at radius 1 is 1.29 bits per heavy atom. The minimum absolute atomic E-state index is 0.0230. The standard InChI is InChI=1S/C14H18N2O/c15-12-3-1-2-11(8-12)14(17)16-13-7-9-4-5-10(13)6-9/h1-3,8-10,13H,4-7,15H2,(H,16,17). The smallest absolute Gasteiger partial charge is 0.251 e. The zero-order valence-corrected chi connectivity index (χ0v) is 9.86. The van der Waals surface area contributed by atoms with Gasteiger partial charge in [-0.2, -0.15) is 0 Å². The number of hydrogen-bond acceptors (Lipinski definition) is 2. The normalized spacial score (nSPS) is 30.5. The summed E-state index contributed by atoms with van der Waals surface area (Å²) in [5.74, 6) is 1.59. The van der Waals surface area contributed by atoms with E-state index in [-0.39, 0.29) is 5.91 Å². The average Bonchev–Trinajstić information content (AvgIpc) is 2.91. The van der Waals surface area contributed by atoms with E-state index in [4.69, 9.17) is 5.73 Å². The van der Waals surface area contributed by atoms with Crippen LogP contribution in [0.1, 0.15) is 36.0 Å². The number of nitrogen functional groups attached to an aromatic ring is 1. The van der Waals surface area contributed by atoms with Crippen molar-refractivity contribution in [1.82, 2.24) is 5.32 Å². The maximum Gasteiger partial charge on any atom is 0.251 e. The molecule has 0 spiro atoms. The molecule has 2 saturated carbocycles. The summed E-state index contributed by atoms with van der Waals surface area (Å²) in [6, 6.07) is 7.57. The van der Waals surface area contributed by atoms with Gasteiger partial charge in [-0.05, 0) is 49.3 Å². The molecular formula is C14H18N2O. The molecule has 0 aliphatic heterocycles. The minimum atomic E-state index is 0.0230. The molecule has 0 aromatic heterocycles. The summed E-state index contributed by atoms with van der Waals surface area (Å²) < 4.78 is 0. The predicted octanol–water partition coefficient (Wildman–Crippen LogP) is 2.19. The first-order valence-corrected chi connectivity index (χ1v) is 6.39.